The van der Waals surface area contributed by atoms with Crippen LogP contribution in [0.1, 0.15) is 41.0 Å². The smallest absolute Gasteiger partial charge is 0.338 e. The number of halogens is 1. The monoisotopic (exact) mass is 396 g/mol. The van der Waals surface area contributed by atoms with Crippen LogP contribution in [0.25, 0.3) is 10.9 Å². The van der Waals surface area contributed by atoms with Gasteiger partial charge in [-0.05, 0) is 48.7 Å². The highest BCUT2D eigenvalue weighted by Crippen LogP contribution is 2.20. The van der Waals surface area contributed by atoms with Crippen molar-refractivity contribution in [2.75, 3.05) is 7.11 Å². The van der Waals surface area contributed by atoms with Crippen molar-refractivity contribution >= 4 is 16.9 Å². The van der Waals surface area contributed by atoms with E-state index >= 15 is 0 Å². The normalized spacial score (nSPS) is 13.6. The van der Waals surface area contributed by atoms with E-state index in [1.165, 1.54) is 19.2 Å². The first-order chi connectivity index (χ1) is 14.1. The standard InChI is InChI=1S/C22H21FN2O4/c1-28-19-9-6-14(11-17(19)23)13-29-22(27)15-7-8-16-18(12-15)24-20-5-3-2-4-10-25(20)21(16)26/h6-9,11-12H,2-5,10,13H2,1H3. The molecule has 0 radical (unpaired) electrons. The highest BCUT2D eigenvalue weighted by molar-refractivity contribution is 5.94. The van der Waals surface area contributed by atoms with Gasteiger partial charge in [-0.1, -0.05) is 12.5 Å². The van der Waals surface area contributed by atoms with Crippen LogP contribution in [-0.4, -0.2) is 22.6 Å². The van der Waals surface area contributed by atoms with Gasteiger partial charge >= 0.3 is 5.97 Å². The molecule has 1 aliphatic heterocycles. The average molecular weight is 396 g/mol. The summed E-state index contributed by atoms with van der Waals surface area (Å²) in [5, 5.41) is 0.490. The molecule has 29 heavy (non-hydrogen) atoms. The third-order valence-corrected chi connectivity index (χ3v) is 5.14. The first-order valence-electron chi connectivity index (χ1n) is 9.60. The molecule has 7 heteroatoms. The number of aromatic nitrogens is 2. The predicted octanol–water partition coefficient (Wildman–Crippen LogP) is 3.63. The number of benzene rings is 2. The molecule has 0 fully saturated rings. The summed E-state index contributed by atoms with van der Waals surface area (Å²) in [5.41, 5.74) is 1.24. The second kappa shape index (κ2) is 8.03. The van der Waals surface area contributed by atoms with Crippen LogP contribution in [0.4, 0.5) is 4.39 Å². The Balaban J connectivity index is 1.56. The van der Waals surface area contributed by atoms with E-state index < -0.39 is 11.8 Å². The van der Waals surface area contributed by atoms with Crippen LogP contribution in [0.2, 0.25) is 0 Å². The Morgan fingerprint density at radius 3 is 2.83 bits per heavy atom. The minimum atomic E-state index is -0.556. The van der Waals surface area contributed by atoms with E-state index in [4.69, 9.17) is 9.47 Å². The Morgan fingerprint density at radius 1 is 1.17 bits per heavy atom. The predicted molar refractivity (Wildman–Crippen MR) is 106 cm³/mol. The zero-order chi connectivity index (χ0) is 20.4. The zero-order valence-electron chi connectivity index (χ0n) is 16.1. The molecule has 0 saturated heterocycles. The highest BCUT2D eigenvalue weighted by Gasteiger charge is 2.16. The molecule has 0 saturated carbocycles. The van der Waals surface area contributed by atoms with Crippen molar-refractivity contribution in [2.24, 2.45) is 0 Å². The minimum absolute atomic E-state index is 0.0690. The molecule has 2 aromatic carbocycles. The number of rotatable bonds is 4. The van der Waals surface area contributed by atoms with Gasteiger partial charge < -0.3 is 9.47 Å². The molecule has 150 valence electrons. The fraction of sp³-hybridized carbons (Fsp3) is 0.318. The largest absolute Gasteiger partial charge is 0.494 e. The van der Waals surface area contributed by atoms with E-state index in [0.29, 0.717) is 28.6 Å². The molecule has 0 aliphatic carbocycles. The van der Waals surface area contributed by atoms with Gasteiger partial charge in [0.1, 0.15) is 12.4 Å². The SMILES string of the molecule is COc1ccc(COC(=O)c2ccc3c(=O)n4c(nc3c2)CCCCC4)cc1F. The molecule has 0 spiro atoms. The highest BCUT2D eigenvalue weighted by atomic mass is 19.1. The van der Waals surface area contributed by atoms with E-state index in [1.807, 2.05) is 0 Å². The lowest BCUT2D eigenvalue weighted by atomic mass is 10.1. The number of carbonyl (C=O) groups excluding carboxylic acids is 1. The molecule has 6 nitrogen and oxygen atoms in total. The third-order valence-electron chi connectivity index (χ3n) is 5.14. The Labute approximate surface area is 166 Å². The maximum Gasteiger partial charge on any atom is 0.338 e. The Bertz CT molecular complexity index is 1140. The Morgan fingerprint density at radius 2 is 2.03 bits per heavy atom. The van der Waals surface area contributed by atoms with Gasteiger partial charge in [0.25, 0.3) is 5.56 Å². The molecule has 4 rings (SSSR count). The molecule has 1 aliphatic rings. The van der Waals surface area contributed by atoms with E-state index in [9.17, 15) is 14.0 Å². The Kier molecular flexibility index (Phi) is 5.29. The second-order valence-corrected chi connectivity index (χ2v) is 7.07. The summed E-state index contributed by atoms with van der Waals surface area (Å²) in [5.74, 6) is -0.178. The topological polar surface area (TPSA) is 70.4 Å². The summed E-state index contributed by atoms with van der Waals surface area (Å²) in [7, 11) is 1.39. The number of fused-ring (bicyclic) bond motifs is 2. The molecular weight excluding hydrogens is 375 g/mol. The number of aryl methyl sites for hydroxylation is 1. The van der Waals surface area contributed by atoms with Crippen molar-refractivity contribution in [1.82, 2.24) is 9.55 Å². The number of ether oxygens (including phenoxy) is 2. The molecular formula is C22H21FN2O4. The first kappa shape index (κ1) is 19.1. The van der Waals surface area contributed by atoms with Crippen molar-refractivity contribution in [3.63, 3.8) is 0 Å². The van der Waals surface area contributed by atoms with Gasteiger partial charge in [-0.15, -0.1) is 0 Å². The van der Waals surface area contributed by atoms with Crippen molar-refractivity contribution in [2.45, 2.75) is 38.8 Å². The molecule has 0 atom stereocenters. The van der Waals surface area contributed by atoms with Crippen LogP contribution in [0.15, 0.2) is 41.2 Å². The fourth-order valence-electron chi connectivity index (χ4n) is 3.58. The lowest BCUT2D eigenvalue weighted by Crippen LogP contribution is -2.24. The quantitative estimate of drug-likeness (QED) is 0.630. The van der Waals surface area contributed by atoms with Crippen LogP contribution < -0.4 is 10.3 Å². The summed E-state index contributed by atoms with van der Waals surface area (Å²) < 4.78 is 25.7. The fourth-order valence-corrected chi connectivity index (χ4v) is 3.58. The van der Waals surface area contributed by atoms with E-state index in [-0.39, 0.29) is 17.9 Å². The average Bonchev–Trinajstić information content (AvgIpc) is 2.97. The van der Waals surface area contributed by atoms with Crippen LogP contribution in [0, 0.1) is 5.82 Å². The van der Waals surface area contributed by atoms with Gasteiger partial charge in [0.05, 0.1) is 23.6 Å². The van der Waals surface area contributed by atoms with Crippen molar-refractivity contribution in [3.8, 4) is 5.75 Å². The van der Waals surface area contributed by atoms with Crippen LogP contribution in [-0.2, 0) is 24.3 Å². The molecule has 0 bridgehead atoms. The third kappa shape index (κ3) is 3.85. The van der Waals surface area contributed by atoms with Gasteiger partial charge in [0, 0.05) is 13.0 Å². The first-order valence-corrected chi connectivity index (χ1v) is 9.60. The summed E-state index contributed by atoms with van der Waals surface area (Å²) in [6.07, 6.45) is 3.79. The van der Waals surface area contributed by atoms with Gasteiger partial charge in [0.2, 0.25) is 0 Å². The zero-order valence-corrected chi connectivity index (χ0v) is 16.1. The maximum absolute atomic E-state index is 13.8. The summed E-state index contributed by atoms with van der Waals surface area (Å²) >= 11 is 0. The van der Waals surface area contributed by atoms with E-state index in [0.717, 1.165) is 31.5 Å². The van der Waals surface area contributed by atoms with Crippen LogP contribution in [0.5, 0.6) is 5.75 Å². The van der Waals surface area contributed by atoms with Crippen LogP contribution in [0.3, 0.4) is 0 Å². The molecule has 0 unspecified atom stereocenters. The number of carbonyl (C=O) groups is 1. The molecule has 1 aromatic heterocycles. The van der Waals surface area contributed by atoms with Gasteiger partial charge in [0.15, 0.2) is 11.6 Å². The summed E-state index contributed by atoms with van der Waals surface area (Å²) in [4.78, 5) is 29.8. The molecule has 0 amide bonds. The number of hydrogen-bond acceptors (Lipinski definition) is 5. The lowest BCUT2D eigenvalue weighted by molar-refractivity contribution is 0.0472. The van der Waals surface area contributed by atoms with Crippen molar-refractivity contribution < 1.29 is 18.7 Å². The van der Waals surface area contributed by atoms with E-state index in [2.05, 4.69) is 4.98 Å². The van der Waals surface area contributed by atoms with E-state index in [1.54, 1.807) is 28.8 Å². The van der Waals surface area contributed by atoms with Gasteiger partial charge in [-0.25, -0.2) is 14.2 Å². The van der Waals surface area contributed by atoms with Gasteiger partial charge in [-0.2, -0.15) is 0 Å². The summed E-state index contributed by atoms with van der Waals surface area (Å²) in [6, 6.07) is 9.15. The number of hydrogen-bond donors (Lipinski definition) is 0. The molecule has 2 heterocycles. The van der Waals surface area contributed by atoms with Gasteiger partial charge in [-0.3, -0.25) is 9.36 Å². The second-order valence-electron chi connectivity index (χ2n) is 7.07. The Hall–Kier alpha value is -3.22. The molecule has 0 N–H and O–H groups in total. The maximum atomic E-state index is 13.8. The number of nitrogens with zero attached hydrogens (tertiary/aromatic N) is 2. The minimum Gasteiger partial charge on any atom is -0.494 e. The molecule has 3 aromatic rings. The van der Waals surface area contributed by atoms with Crippen molar-refractivity contribution in [3.05, 3.63) is 69.5 Å². The number of methoxy groups -OCH3 is 1. The number of esters is 1. The lowest BCUT2D eigenvalue weighted by Gasteiger charge is -2.11. The van der Waals surface area contributed by atoms with Crippen LogP contribution >= 0.6 is 0 Å². The summed E-state index contributed by atoms with van der Waals surface area (Å²) in [6.45, 7) is 0.609. The van der Waals surface area contributed by atoms with Crippen molar-refractivity contribution in [1.29, 1.82) is 0 Å².